The molecule has 0 saturated heterocycles. The third-order valence-corrected chi connectivity index (χ3v) is 2.84. The van der Waals surface area contributed by atoms with Gasteiger partial charge in [-0.1, -0.05) is 13.0 Å². The summed E-state index contributed by atoms with van der Waals surface area (Å²) >= 11 is 0. The van der Waals surface area contributed by atoms with E-state index in [0.29, 0.717) is 16.8 Å². The Hall–Kier alpha value is -2.04. The number of carbonyl (C=O) groups excluding carboxylic acids is 2. The van der Waals surface area contributed by atoms with Gasteiger partial charge < -0.3 is 16.4 Å². The first-order valence-corrected chi connectivity index (χ1v) is 5.92. The number of hydrogen-bond acceptors (Lipinski definition) is 2. The van der Waals surface area contributed by atoms with E-state index in [4.69, 9.17) is 5.73 Å². The van der Waals surface area contributed by atoms with Crippen LogP contribution >= 0.6 is 0 Å². The van der Waals surface area contributed by atoms with Gasteiger partial charge in [-0.15, -0.1) is 0 Å². The van der Waals surface area contributed by atoms with E-state index < -0.39 is 5.91 Å². The predicted molar refractivity (Wildman–Crippen MR) is 71.6 cm³/mol. The van der Waals surface area contributed by atoms with Gasteiger partial charge in [0.25, 0.3) is 0 Å². The Bertz CT molecular complexity index is 458. The summed E-state index contributed by atoms with van der Waals surface area (Å²) in [5, 5.41) is 5.50. The summed E-state index contributed by atoms with van der Waals surface area (Å²) in [5.74, 6) is -0.501. The van der Waals surface area contributed by atoms with Crippen molar-refractivity contribution in [1.82, 2.24) is 5.32 Å². The zero-order valence-corrected chi connectivity index (χ0v) is 10.9. The molecule has 4 N–H and O–H groups in total. The molecule has 0 aliphatic carbocycles. The molecule has 5 heteroatoms. The number of rotatable bonds is 4. The molecular formula is C13H19N3O2. The zero-order valence-electron chi connectivity index (χ0n) is 10.9. The Kier molecular flexibility index (Phi) is 4.71. The lowest BCUT2D eigenvalue weighted by atomic mass is 10.1. The van der Waals surface area contributed by atoms with E-state index in [9.17, 15) is 9.59 Å². The maximum absolute atomic E-state index is 11.7. The van der Waals surface area contributed by atoms with Crippen LogP contribution in [0.4, 0.5) is 10.5 Å². The molecule has 0 fully saturated rings. The number of nitrogens with one attached hydrogen (secondary N) is 2. The van der Waals surface area contributed by atoms with E-state index in [1.165, 1.54) is 0 Å². The Balaban J connectivity index is 2.82. The van der Waals surface area contributed by atoms with Crippen LogP contribution in [0.1, 0.15) is 36.2 Å². The Morgan fingerprint density at radius 3 is 2.61 bits per heavy atom. The van der Waals surface area contributed by atoms with Crippen LogP contribution in [0.25, 0.3) is 0 Å². The minimum atomic E-state index is -0.501. The fraction of sp³-hybridized carbons (Fsp3) is 0.385. The number of hydrogen-bond donors (Lipinski definition) is 3. The highest BCUT2D eigenvalue weighted by Crippen LogP contribution is 2.18. The van der Waals surface area contributed by atoms with Crippen LogP contribution in [0.3, 0.4) is 0 Å². The minimum Gasteiger partial charge on any atom is -0.366 e. The van der Waals surface area contributed by atoms with E-state index in [-0.39, 0.29) is 12.1 Å². The topological polar surface area (TPSA) is 84.2 Å². The highest BCUT2D eigenvalue weighted by molar-refractivity contribution is 5.98. The molecule has 0 bridgehead atoms. The smallest absolute Gasteiger partial charge is 0.319 e. The summed E-state index contributed by atoms with van der Waals surface area (Å²) in [6.07, 6.45) is 0.855. The molecule has 0 saturated carbocycles. The molecule has 98 valence electrons. The summed E-state index contributed by atoms with van der Waals surface area (Å²) in [5.41, 5.74) is 6.92. The van der Waals surface area contributed by atoms with Crippen molar-refractivity contribution in [2.75, 3.05) is 5.32 Å². The lowest BCUT2D eigenvalue weighted by Gasteiger charge is -2.14. The summed E-state index contributed by atoms with van der Waals surface area (Å²) in [6, 6.07) is 4.87. The number of urea groups is 1. The van der Waals surface area contributed by atoms with Gasteiger partial charge in [0.1, 0.15) is 0 Å². The van der Waals surface area contributed by atoms with Gasteiger partial charge in [-0.3, -0.25) is 4.79 Å². The largest absolute Gasteiger partial charge is 0.366 e. The molecule has 1 aromatic rings. The molecule has 0 aromatic heterocycles. The van der Waals surface area contributed by atoms with Crippen LogP contribution in [-0.4, -0.2) is 18.0 Å². The lowest BCUT2D eigenvalue weighted by Crippen LogP contribution is -2.35. The first kappa shape index (κ1) is 14.0. The third kappa shape index (κ3) is 3.48. The molecule has 18 heavy (non-hydrogen) atoms. The van der Waals surface area contributed by atoms with E-state index in [1.54, 1.807) is 25.1 Å². The zero-order chi connectivity index (χ0) is 13.7. The summed E-state index contributed by atoms with van der Waals surface area (Å²) in [4.78, 5) is 22.9. The van der Waals surface area contributed by atoms with E-state index in [2.05, 4.69) is 10.6 Å². The van der Waals surface area contributed by atoms with Crippen LogP contribution < -0.4 is 16.4 Å². The average Bonchev–Trinajstić information content (AvgIpc) is 2.31. The minimum absolute atomic E-state index is 0.102. The summed E-state index contributed by atoms with van der Waals surface area (Å²) in [7, 11) is 0. The van der Waals surface area contributed by atoms with Crippen LogP contribution in [0.5, 0.6) is 0 Å². The summed E-state index contributed by atoms with van der Waals surface area (Å²) in [6.45, 7) is 5.66. The molecule has 1 rings (SSSR count). The molecule has 0 spiro atoms. The molecule has 5 nitrogen and oxygen atoms in total. The summed E-state index contributed by atoms with van der Waals surface area (Å²) < 4.78 is 0. The van der Waals surface area contributed by atoms with Crippen molar-refractivity contribution in [3.8, 4) is 0 Å². The molecule has 0 heterocycles. The van der Waals surface area contributed by atoms with Crippen LogP contribution in [0.15, 0.2) is 18.2 Å². The number of amides is 3. The SMILES string of the molecule is CC[C@H](C)NC(=O)Nc1cccc(C(N)=O)c1C. The number of anilines is 1. The molecule has 0 radical (unpaired) electrons. The first-order chi connectivity index (χ1) is 8.45. The van der Waals surface area contributed by atoms with E-state index >= 15 is 0 Å². The standard InChI is InChI=1S/C13H19N3O2/c1-4-8(2)15-13(18)16-11-7-5-6-10(9(11)3)12(14)17/h5-8H,4H2,1-3H3,(H2,14,17)(H2,15,16,18)/t8-/m0/s1. The highest BCUT2D eigenvalue weighted by atomic mass is 16.2. The van der Waals surface area contributed by atoms with Gasteiger partial charge in [0.05, 0.1) is 0 Å². The van der Waals surface area contributed by atoms with Gasteiger partial charge in [0, 0.05) is 17.3 Å². The maximum atomic E-state index is 11.7. The average molecular weight is 249 g/mol. The van der Waals surface area contributed by atoms with Gasteiger partial charge in [0.15, 0.2) is 0 Å². The lowest BCUT2D eigenvalue weighted by molar-refractivity contribution is 0.0999. The maximum Gasteiger partial charge on any atom is 0.319 e. The molecule has 0 unspecified atom stereocenters. The molecular weight excluding hydrogens is 230 g/mol. The normalized spacial score (nSPS) is 11.7. The molecule has 1 atom stereocenters. The second-order valence-corrected chi connectivity index (χ2v) is 4.25. The number of nitrogens with two attached hydrogens (primary N) is 1. The Morgan fingerprint density at radius 1 is 1.39 bits per heavy atom. The predicted octanol–water partition coefficient (Wildman–Crippen LogP) is 2.01. The van der Waals surface area contributed by atoms with E-state index in [0.717, 1.165) is 6.42 Å². The van der Waals surface area contributed by atoms with Gasteiger partial charge >= 0.3 is 6.03 Å². The van der Waals surface area contributed by atoms with Crippen LogP contribution in [0.2, 0.25) is 0 Å². The van der Waals surface area contributed by atoms with Gasteiger partial charge in [-0.05, 0) is 38.0 Å². The number of primary amides is 1. The van der Waals surface area contributed by atoms with Crippen molar-refractivity contribution in [2.45, 2.75) is 33.2 Å². The van der Waals surface area contributed by atoms with Crippen molar-refractivity contribution in [3.63, 3.8) is 0 Å². The quantitative estimate of drug-likeness (QED) is 0.762. The second-order valence-electron chi connectivity index (χ2n) is 4.25. The highest BCUT2D eigenvalue weighted by Gasteiger charge is 2.11. The van der Waals surface area contributed by atoms with Gasteiger partial charge in [-0.2, -0.15) is 0 Å². The first-order valence-electron chi connectivity index (χ1n) is 5.92. The van der Waals surface area contributed by atoms with Crippen LogP contribution in [0, 0.1) is 6.92 Å². The van der Waals surface area contributed by atoms with Crippen molar-refractivity contribution in [1.29, 1.82) is 0 Å². The monoisotopic (exact) mass is 249 g/mol. The van der Waals surface area contributed by atoms with Crippen molar-refractivity contribution in [2.24, 2.45) is 5.73 Å². The van der Waals surface area contributed by atoms with Gasteiger partial charge in [0.2, 0.25) is 5.91 Å². The van der Waals surface area contributed by atoms with Gasteiger partial charge in [-0.25, -0.2) is 4.79 Å². The Labute approximate surface area is 107 Å². The molecule has 0 aliphatic heterocycles. The van der Waals surface area contributed by atoms with Crippen molar-refractivity contribution >= 4 is 17.6 Å². The number of carbonyl (C=O) groups is 2. The second kappa shape index (κ2) is 6.05. The molecule has 1 aromatic carbocycles. The fourth-order valence-corrected chi connectivity index (χ4v) is 1.52. The molecule has 0 aliphatic rings. The fourth-order valence-electron chi connectivity index (χ4n) is 1.52. The van der Waals surface area contributed by atoms with Crippen LogP contribution in [-0.2, 0) is 0 Å². The Morgan fingerprint density at radius 2 is 2.06 bits per heavy atom. The third-order valence-electron chi connectivity index (χ3n) is 2.84. The van der Waals surface area contributed by atoms with Crippen molar-refractivity contribution < 1.29 is 9.59 Å². The van der Waals surface area contributed by atoms with E-state index in [1.807, 2.05) is 13.8 Å². The molecule has 3 amide bonds. The number of benzene rings is 1. The van der Waals surface area contributed by atoms with Crippen molar-refractivity contribution in [3.05, 3.63) is 29.3 Å².